The maximum atomic E-state index is 5.89. The van der Waals surface area contributed by atoms with Crippen molar-refractivity contribution in [1.82, 2.24) is 15.2 Å². The summed E-state index contributed by atoms with van der Waals surface area (Å²) in [5.41, 5.74) is 5.14. The summed E-state index contributed by atoms with van der Waals surface area (Å²) >= 11 is 0. The fourth-order valence-electron chi connectivity index (χ4n) is 2.35. The first kappa shape index (κ1) is 14.7. The zero-order chi connectivity index (χ0) is 14.4. The Kier molecular flexibility index (Phi) is 5.29. The molecule has 0 fully saturated rings. The average molecular weight is 274 g/mol. The molecule has 0 bridgehead atoms. The monoisotopic (exact) mass is 274 g/mol. The maximum Gasteiger partial charge on any atom is 0.0994 e. The summed E-state index contributed by atoms with van der Waals surface area (Å²) in [6, 6.07) is 10.2. The van der Waals surface area contributed by atoms with Gasteiger partial charge >= 0.3 is 0 Å². The van der Waals surface area contributed by atoms with Crippen LogP contribution in [0.5, 0.6) is 0 Å². The summed E-state index contributed by atoms with van der Waals surface area (Å²) in [5.74, 6) is 5.74. The van der Waals surface area contributed by atoms with Crippen LogP contribution in [-0.2, 0) is 18.2 Å². The molecule has 20 heavy (non-hydrogen) atoms. The van der Waals surface area contributed by atoms with Crippen molar-refractivity contribution in [2.45, 2.75) is 25.5 Å². The van der Waals surface area contributed by atoms with Crippen LogP contribution in [0.2, 0.25) is 0 Å². The smallest absolute Gasteiger partial charge is 0.0994 e. The number of hydrogen-bond acceptors (Lipinski definition) is 4. The highest BCUT2D eigenvalue weighted by atomic mass is 16.5. The molecular formula is C15H22N4O. The first-order valence-corrected chi connectivity index (χ1v) is 6.84. The van der Waals surface area contributed by atoms with Gasteiger partial charge in [-0.1, -0.05) is 30.3 Å². The van der Waals surface area contributed by atoms with Gasteiger partial charge < -0.3 is 4.74 Å². The van der Waals surface area contributed by atoms with Gasteiger partial charge in [0.25, 0.3) is 0 Å². The predicted octanol–water partition coefficient (Wildman–Crippen LogP) is 1.57. The number of hydrazine groups is 1. The number of rotatable bonds is 7. The second kappa shape index (κ2) is 7.19. The van der Waals surface area contributed by atoms with Crippen molar-refractivity contribution in [2.75, 3.05) is 6.61 Å². The van der Waals surface area contributed by atoms with Crippen molar-refractivity contribution in [1.29, 1.82) is 0 Å². The van der Waals surface area contributed by atoms with Gasteiger partial charge in [0, 0.05) is 19.9 Å². The minimum absolute atomic E-state index is 0.00144. The molecule has 5 nitrogen and oxygen atoms in total. The van der Waals surface area contributed by atoms with Gasteiger partial charge in [0.1, 0.15) is 0 Å². The molecule has 1 aromatic heterocycles. The van der Waals surface area contributed by atoms with E-state index in [1.54, 1.807) is 4.68 Å². The molecule has 0 radical (unpaired) electrons. The molecule has 2 atom stereocenters. The Morgan fingerprint density at radius 2 is 2.10 bits per heavy atom. The molecule has 0 spiro atoms. The molecule has 0 saturated heterocycles. The molecule has 1 aromatic carbocycles. The first-order valence-electron chi connectivity index (χ1n) is 6.84. The number of nitrogens with zero attached hydrogens (tertiary/aromatic N) is 2. The Balaban J connectivity index is 2.17. The van der Waals surface area contributed by atoms with E-state index in [0.717, 1.165) is 17.5 Å². The lowest BCUT2D eigenvalue weighted by molar-refractivity contribution is 0.0332. The second-order valence-electron chi connectivity index (χ2n) is 4.79. The van der Waals surface area contributed by atoms with Crippen LogP contribution in [0.15, 0.2) is 42.7 Å². The van der Waals surface area contributed by atoms with Crippen LogP contribution in [0.4, 0.5) is 0 Å². The Morgan fingerprint density at radius 3 is 2.65 bits per heavy atom. The van der Waals surface area contributed by atoms with E-state index in [1.165, 1.54) is 0 Å². The fraction of sp³-hybridized carbons (Fsp3) is 0.400. The van der Waals surface area contributed by atoms with Crippen molar-refractivity contribution in [3.63, 3.8) is 0 Å². The van der Waals surface area contributed by atoms with Crippen LogP contribution in [0.25, 0.3) is 0 Å². The lowest BCUT2D eigenvalue weighted by atomic mass is 9.97. The molecule has 2 rings (SSSR count). The number of aromatic nitrogens is 2. The van der Waals surface area contributed by atoms with Gasteiger partial charge in [-0.15, -0.1) is 0 Å². The van der Waals surface area contributed by atoms with E-state index in [1.807, 2.05) is 44.6 Å². The molecule has 1 heterocycles. The van der Waals surface area contributed by atoms with Crippen molar-refractivity contribution in [3.05, 3.63) is 53.9 Å². The Labute approximate surface area is 119 Å². The molecule has 0 amide bonds. The molecule has 0 saturated carbocycles. The van der Waals surface area contributed by atoms with E-state index in [9.17, 15) is 0 Å². The zero-order valence-corrected chi connectivity index (χ0v) is 12.0. The molecule has 5 heteroatoms. The standard InChI is InChI=1S/C15H22N4O/c1-3-20-15(13-7-5-4-6-8-13)14(18-16)9-12-10-17-19(2)11-12/h4-8,10-11,14-15,18H,3,9,16H2,1-2H3. The third-order valence-corrected chi connectivity index (χ3v) is 3.27. The van der Waals surface area contributed by atoms with Gasteiger partial charge in [-0.3, -0.25) is 16.0 Å². The number of nitrogens with one attached hydrogen (secondary N) is 1. The van der Waals surface area contributed by atoms with Gasteiger partial charge in [0.2, 0.25) is 0 Å². The Hall–Kier alpha value is -1.69. The van der Waals surface area contributed by atoms with E-state index in [0.29, 0.717) is 6.61 Å². The van der Waals surface area contributed by atoms with E-state index in [2.05, 4.69) is 22.7 Å². The summed E-state index contributed by atoms with van der Waals surface area (Å²) in [4.78, 5) is 0. The lowest BCUT2D eigenvalue weighted by Gasteiger charge is -2.26. The second-order valence-corrected chi connectivity index (χ2v) is 4.79. The third-order valence-electron chi connectivity index (χ3n) is 3.27. The molecule has 2 aromatic rings. The molecule has 0 aliphatic carbocycles. The maximum absolute atomic E-state index is 5.89. The number of nitrogens with two attached hydrogens (primary N) is 1. The topological polar surface area (TPSA) is 65.1 Å². The highest BCUT2D eigenvalue weighted by Crippen LogP contribution is 2.23. The van der Waals surface area contributed by atoms with Crippen molar-refractivity contribution < 1.29 is 4.74 Å². The molecule has 3 N–H and O–H groups in total. The minimum Gasteiger partial charge on any atom is -0.372 e. The summed E-state index contributed by atoms with van der Waals surface area (Å²) in [5, 5.41) is 4.19. The molecule has 2 unspecified atom stereocenters. The van der Waals surface area contributed by atoms with E-state index >= 15 is 0 Å². The third kappa shape index (κ3) is 3.66. The summed E-state index contributed by atoms with van der Waals surface area (Å²) < 4.78 is 7.68. The molecular weight excluding hydrogens is 252 g/mol. The van der Waals surface area contributed by atoms with Crippen molar-refractivity contribution >= 4 is 0 Å². The SMILES string of the molecule is CCOC(c1ccccc1)C(Cc1cnn(C)c1)NN. The Morgan fingerprint density at radius 1 is 1.35 bits per heavy atom. The largest absolute Gasteiger partial charge is 0.372 e. The van der Waals surface area contributed by atoms with Crippen LogP contribution in [0, 0.1) is 0 Å². The molecule has 0 aliphatic rings. The van der Waals surface area contributed by atoms with Crippen LogP contribution in [0.1, 0.15) is 24.2 Å². The zero-order valence-electron chi connectivity index (χ0n) is 12.0. The fourth-order valence-corrected chi connectivity index (χ4v) is 2.35. The van der Waals surface area contributed by atoms with Crippen LogP contribution < -0.4 is 11.3 Å². The van der Waals surface area contributed by atoms with Crippen molar-refractivity contribution in [3.8, 4) is 0 Å². The van der Waals surface area contributed by atoms with E-state index in [4.69, 9.17) is 10.6 Å². The van der Waals surface area contributed by atoms with Gasteiger partial charge in [-0.2, -0.15) is 5.10 Å². The molecule has 108 valence electrons. The van der Waals surface area contributed by atoms with Crippen molar-refractivity contribution in [2.24, 2.45) is 12.9 Å². The van der Waals surface area contributed by atoms with Gasteiger partial charge in [-0.25, -0.2) is 0 Å². The van der Waals surface area contributed by atoms with Gasteiger partial charge in [0.15, 0.2) is 0 Å². The average Bonchev–Trinajstić information content (AvgIpc) is 2.89. The van der Waals surface area contributed by atoms with Crippen LogP contribution in [0.3, 0.4) is 0 Å². The first-order chi connectivity index (χ1) is 9.74. The van der Waals surface area contributed by atoms with Crippen LogP contribution >= 0.6 is 0 Å². The number of benzene rings is 1. The highest BCUT2D eigenvalue weighted by Gasteiger charge is 2.23. The Bertz CT molecular complexity index is 512. The predicted molar refractivity (Wildman–Crippen MR) is 78.8 cm³/mol. The van der Waals surface area contributed by atoms with Crippen LogP contribution in [-0.4, -0.2) is 22.4 Å². The minimum atomic E-state index is -0.0774. The number of aryl methyl sites for hydroxylation is 1. The lowest BCUT2D eigenvalue weighted by Crippen LogP contribution is -2.42. The normalized spacial score (nSPS) is 14.2. The summed E-state index contributed by atoms with van der Waals surface area (Å²) in [6.07, 6.45) is 4.55. The number of ether oxygens (including phenoxy) is 1. The number of hydrogen-bond donors (Lipinski definition) is 2. The van der Waals surface area contributed by atoms with Gasteiger partial charge in [0.05, 0.1) is 18.3 Å². The quantitative estimate of drug-likeness (QED) is 0.594. The summed E-state index contributed by atoms with van der Waals surface area (Å²) in [7, 11) is 1.91. The van der Waals surface area contributed by atoms with E-state index < -0.39 is 0 Å². The highest BCUT2D eigenvalue weighted by molar-refractivity contribution is 5.20. The molecule has 0 aliphatic heterocycles. The van der Waals surface area contributed by atoms with E-state index in [-0.39, 0.29) is 12.1 Å². The van der Waals surface area contributed by atoms with Gasteiger partial charge in [-0.05, 0) is 24.5 Å². The summed E-state index contributed by atoms with van der Waals surface area (Å²) in [6.45, 7) is 2.64.